The van der Waals surface area contributed by atoms with Gasteiger partial charge in [0.25, 0.3) is 0 Å². The second-order valence-electron chi connectivity index (χ2n) is 13.9. The maximum absolute atomic E-state index is 13.5. The number of aliphatic imine (C=N–C) groups is 1. The molecule has 12 heteroatoms. The van der Waals surface area contributed by atoms with Crippen LogP contribution in [0.3, 0.4) is 0 Å². The molecule has 0 unspecified atom stereocenters. The Kier molecular flexibility index (Phi) is 10.7. The molecule has 268 valence electrons. The van der Waals surface area contributed by atoms with E-state index in [1.165, 1.54) is 14.0 Å². The highest BCUT2D eigenvalue weighted by Gasteiger charge is 2.38. The third kappa shape index (κ3) is 7.74. The van der Waals surface area contributed by atoms with Crippen molar-refractivity contribution in [2.24, 2.45) is 10.9 Å². The van der Waals surface area contributed by atoms with Crippen LogP contribution in [0, 0.1) is 5.92 Å². The van der Waals surface area contributed by atoms with Gasteiger partial charge in [-0.2, -0.15) is 0 Å². The average molecular weight is 694 g/mol. The molecule has 0 spiro atoms. The zero-order chi connectivity index (χ0) is 36.2. The molecule has 2 fully saturated rings. The summed E-state index contributed by atoms with van der Waals surface area (Å²) in [4.78, 5) is 66.5. The molecule has 3 N–H and O–H groups in total. The number of carbonyl (C=O) groups is 4. The van der Waals surface area contributed by atoms with Crippen LogP contribution in [0.4, 0.5) is 4.79 Å². The number of hydrogen-bond acceptors (Lipinski definition) is 7. The fourth-order valence-corrected chi connectivity index (χ4v) is 7.35. The number of benzene rings is 2. The summed E-state index contributed by atoms with van der Waals surface area (Å²) in [5.41, 5.74) is 7.26. The third-order valence-electron chi connectivity index (χ3n) is 10.1. The van der Waals surface area contributed by atoms with Crippen LogP contribution in [0.1, 0.15) is 77.2 Å². The molecule has 3 aliphatic heterocycles. The molecule has 0 bridgehead atoms. The summed E-state index contributed by atoms with van der Waals surface area (Å²) < 4.78 is 4.64. The molecule has 12 nitrogen and oxygen atoms in total. The number of rotatable bonds is 10. The summed E-state index contributed by atoms with van der Waals surface area (Å²) in [7, 11) is 1.27. The van der Waals surface area contributed by atoms with Crippen LogP contribution in [0.2, 0.25) is 0 Å². The van der Waals surface area contributed by atoms with E-state index in [0.29, 0.717) is 19.5 Å². The van der Waals surface area contributed by atoms with Gasteiger partial charge in [-0.25, -0.2) is 9.78 Å². The van der Waals surface area contributed by atoms with Gasteiger partial charge in [-0.3, -0.25) is 19.4 Å². The molecule has 2 aromatic carbocycles. The van der Waals surface area contributed by atoms with Crippen molar-refractivity contribution in [3.05, 3.63) is 72.3 Å². The number of H-pyrrole nitrogens is 1. The number of methoxy groups -OCH3 is 1. The molecule has 3 aromatic rings. The number of nitrogens with one attached hydrogen (secondary N) is 3. The second-order valence-corrected chi connectivity index (χ2v) is 13.9. The zero-order valence-corrected chi connectivity index (χ0v) is 29.9. The maximum Gasteiger partial charge on any atom is 0.407 e. The largest absolute Gasteiger partial charge is 0.453 e. The summed E-state index contributed by atoms with van der Waals surface area (Å²) in [6.45, 7) is 8.29. The number of aromatic amines is 1. The van der Waals surface area contributed by atoms with Gasteiger partial charge in [0.1, 0.15) is 17.9 Å². The first-order chi connectivity index (χ1) is 24.5. The molecular weight excluding hydrogens is 646 g/mol. The van der Waals surface area contributed by atoms with Crippen LogP contribution in [0.25, 0.3) is 28.0 Å². The number of carbonyl (C=O) groups excluding carboxylic acids is 4. The Hall–Kier alpha value is -5.26. The number of likely N-dealkylation sites (tertiary alicyclic amines) is 2. The predicted octanol–water partition coefficient (Wildman–Crippen LogP) is 5.49. The molecule has 51 heavy (non-hydrogen) atoms. The van der Waals surface area contributed by atoms with Crippen LogP contribution < -0.4 is 10.6 Å². The lowest BCUT2D eigenvalue weighted by Gasteiger charge is -2.31. The van der Waals surface area contributed by atoms with Gasteiger partial charge in [0.2, 0.25) is 17.7 Å². The van der Waals surface area contributed by atoms with Crippen molar-refractivity contribution in [3.8, 4) is 22.4 Å². The fourth-order valence-electron chi connectivity index (χ4n) is 7.35. The van der Waals surface area contributed by atoms with Gasteiger partial charge in [0.05, 0.1) is 31.1 Å². The molecule has 4 amide bonds. The van der Waals surface area contributed by atoms with Gasteiger partial charge in [0.15, 0.2) is 0 Å². The smallest absolute Gasteiger partial charge is 0.407 e. The molecular formula is C39H47N7O5. The van der Waals surface area contributed by atoms with Crippen LogP contribution in [0.5, 0.6) is 0 Å². The van der Waals surface area contributed by atoms with Gasteiger partial charge in [0, 0.05) is 38.3 Å². The van der Waals surface area contributed by atoms with E-state index in [4.69, 9.17) is 4.99 Å². The minimum atomic E-state index is -0.699. The van der Waals surface area contributed by atoms with Crippen molar-refractivity contribution in [1.29, 1.82) is 0 Å². The summed E-state index contributed by atoms with van der Waals surface area (Å²) in [6.07, 6.45) is 7.22. The van der Waals surface area contributed by atoms with Crippen LogP contribution >= 0.6 is 0 Å². The summed E-state index contributed by atoms with van der Waals surface area (Å²) >= 11 is 0. The number of hydrogen-bond donors (Lipinski definition) is 3. The quantitative estimate of drug-likeness (QED) is 0.256. The lowest BCUT2D eigenvalue weighted by molar-refractivity contribution is -0.137. The Morgan fingerprint density at radius 2 is 1.41 bits per heavy atom. The van der Waals surface area contributed by atoms with Crippen molar-refractivity contribution in [1.82, 2.24) is 30.4 Å². The Bertz CT molecular complexity index is 1830. The topological polar surface area (TPSA) is 149 Å². The SMILES string of the molecule is COC(=O)N[C@@H](C)C(=O)N1CCC[C@H]1c1ncc(-c2ccc(-c3ccc(C4=CN=C([C@@H]5CCCN5C(=O)[C@@H](NC(C)=O)C(C)C)C4)cc3)cc2)[nH]1. The standard InChI is InChI=1S/C39H47N7O5/c1-23(2)35(43-25(4)47)38(49)45-18-6-8-33(45)31-20-30(21-40-31)28-12-10-26(11-13-28)27-14-16-29(17-15-27)32-22-41-36(44-32)34-9-7-19-46(34)37(48)24(3)42-39(50)51-5/h10-17,21-24,33-35H,6-9,18-20H2,1-5H3,(H,41,44)(H,42,50)(H,43,47)/t24-,33-,34-,35-/m0/s1. The third-order valence-corrected chi connectivity index (χ3v) is 10.1. The Labute approximate surface area is 298 Å². The van der Waals surface area contributed by atoms with E-state index >= 15 is 0 Å². The minimum Gasteiger partial charge on any atom is -0.453 e. The lowest BCUT2D eigenvalue weighted by atomic mass is 9.95. The first-order valence-corrected chi connectivity index (χ1v) is 17.8. The molecule has 0 aliphatic carbocycles. The van der Waals surface area contributed by atoms with Crippen LogP contribution in [-0.4, -0.2) is 87.6 Å². The average Bonchev–Trinajstić information content (AvgIpc) is 3.96. The van der Waals surface area contributed by atoms with Gasteiger partial charge in [-0.1, -0.05) is 62.4 Å². The van der Waals surface area contributed by atoms with Crippen LogP contribution in [0.15, 0.2) is 65.9 Å². The number of alkyl carbamates (subject to hydrolysis) is 1. The highest BCUT2D eigenvalue weighted by Crippen LogP contribution is 2.34. The summed E-state index contributed by atoms with van der Waals surface area (Å²) in [5.74, 6) is 0.328. The van der Waals surface area contributed by atoms with E-state index in [0.717, 1.165) is 70.7 Å². The van der Waals surface area contributed by atoms with Crippen molar-refractivity contribution < 1.29 is 23.9 Å². The van der Waals surface area contributed by atoms with E-state index in [9.17, 15) is 19.2 Å². The molecule has 6 rings (SSSR count). The van der Waals surface area contributed by atoms with Crippen LogP contribution in [-0.2, 0) is 19.1 Å². The Balaban J connectivity index is 1.07. The Morgan fingerprint density at radius 3 is 2.02 bits per heavy atom. The molecule has 3 aliphatic rings. The predicted molar refractivity (Wildman–Crippen MR) is 195 cm³/mol. The van der Waals surface area contributed by atoms with Crippen molar-refractivity contribution in [2.75, 3.05) is 20.2 Å². The van der Waals surface area contributed by atoms with E-state index < -0.39 is 18.2 Å². The van der Waals surface area contributed by atoms with Gasteiger partial charge in [-0.15, -0.1) is 0 Å². The van der Waals surface area contributed by atoms with Gasteiger partial charge in [-0.05, 0) is 66.4 Å². The number of ether oxygens (including phenoxy) is 1. The molecule has 1 aromatic heterocycles. The van der Waals surface area contributed by atoms with Gasteiger partial charge >= 0.3 is 6.09 Å². The summed E-state index contributed by atoms with van der Waals surface area (Å²) in [5, 5.41) is 5.40. The van der Waals surface area contributed by atoms with Gasteiger partial charge < -0.3 is 30.2 Å². The maximum atomic E-state index is 13.5. The Morgan fingerprint density at radius 1 is 0.824 bits per heavy atom. The van der Waals surface area contributed by atoms with E-state index in [1.807, 2.05) is 24.9 Å². The minimum absolute atomic E-state index is 0.00423. The number of nitrogens with zero attached hydrogens (tertiary/aromatic N) is 4. The first kappa shape index (κ1) is 35.6. The molecule has 0 radical (unpaired) electrons. The molecule has 0 saturated carbocycles. The number of amides is 4. The summed E-state index contributed by atoms with van der Waals surface area (Å²) in [6, 6.07) is 15.3. The highest BCUT2D eigenvalue weighted by atomic mass is 16.5. The fraction of sp³-hybridized carbons (Fsp3) is 0.436. The van der Waals surface area contributed by atoms with E-state index in [1.54, 1.807) is 18.0 Å². The molecule has 4 heterocycles. The van der Waals surface area contributed by atoms with E-state index in [-0.39, 0.29) is 35.7 Å². The van der Waals surface area contributed by atoms with E-state index in [2.05, 4.69) is 73.9 Å². The first-order valence-electron chi connectivity index (χ1n) is 17.8. The lowest BCUT2D eigenvalue weighted by Crippen LogP contribution is -2.53. The monoisotopic (exact) mass is 693 g/mol. The number of allylic oxidation sites excluding steroid dienone is 1. The van der Waals surface area contributed by atoms with Crippen molar-refractivity contribution in [2.45, 2.75) is 84.0 Å². The van der Waals surface area contributed by atoms with Crippen molar-refractivity contribution >= 4 is 35.1 Å². The zero-order valence-electron chi connectivity index (χ0n) is 29.9. The number of aromatic nitrogens is 2. The van der Waals surface area contributed by atoms with Crippen molar-refractivity contribution in [3.63, 3.8) is 0 Å². The highest BCUT2D eigenvalue weighted by molar-refractivity contribution is 6.04. The normalized spacial score (nSPS) is 19.8. The number of imidazole rings is 1. The molecule has 2 saturated heterocycles. The second kappa shape index (κ2) is 15.3. The molecule has 4 atom stereocenters.